The lowest BCUT2D eigenvalue weighted by Crippen LogP contribution is -2.51. The molecule has 0 spiro atoms. The lowest BCUT2D eigenvalue weighted by Gasteiger charge is -2.32. The highest BCUT2D eigenvalue weighted by Gasteiger charge is 2.40. The van der Waals surface area contributed by atoms with Gasteiger partial charge in [-0.15, -0.1) is 11.6 Å². The maximum Gasteiger partial charge on any atom is 0.408 e. The van der Waals surface area contributed by atoms with Gasteiger partial charge in [-0.05, 0) is 212 Å². The van der Waals surface area contributed by atoms with Crippen LogP contribution in [0.3, 0.4) is 0 Å². The van der Waals surface area contributed by atoms with E-state index in [0.29, 0.717) is 42.0 Å². The fourth-order valence-electron chi connectivity index (χ4n) is 12.6. The first-order valence-electron chi connectivity index (χ1n) is 44.5. The second-order valence-corrected chi connectivity index (χ2v) is 42.3. The minimum Gasteiger partial charge on any atom is -0.480 e. The molecule has 0 saturated carbocycles. The lowest BCUT2D eigenvalue weighted by atomic mass is 9.86. The average molecular weight is 2080 g/mol. The second kappa shape index (κ2) is 56.7. The number of aromatic nitrogens is 6. The molecular weight excluding hydrogens is 1920 g/mol. The van der Waals surface area contributed by atoms with Gasteiger partial charge in [0.1, 0.15) is 110 Å². The number of ketones is 2. The molecule has 0 saturated heterocycles. The predicted molar refractivity (Wildman–Crippen MR) is 556 cm³/mol. The number of H-pyrrole nitrogens is 1. The summed E-state index contributed by atoms with van der Waals surface area (Å²) >= 11 is 5.17. The van der Waals surface area contributed by atoms with Gasteiger partial charge in [-0.25, -0.2) is 87.6 Å². The highest BCUT2D eigenvalue weighted by molar-refractivity contribution is 6.30. The summed E-state index contributed by atoms with van der Waals surface area (Å²) in [6.45, 7) is 49.2. The minimum absolute atomic E-state index is 0. The van der Waals surface area contributed by atoms with Crippen LogP contribution in [0.1, 0.15) is 299 Å². The van der Waals surface area contributed by atoms with Crippen molar-refractivity contribution in [2.24, 2.45) is 32.8 Å². The van der Waals surface area contributed by atoms with Crippen molar-refractivity contribution in [1.82, 2.24) is 50.3 Å². The summed E-state index contributed by atoms with van der Waals surface area (Å²) in [5.74, 6) is -8.55. The zero-order valence-corrected chi connectivity index (χ0v) is 84.9. The molecule has 36 heteroatoms. The topological polar surface area (TPSA) is 341 Å². The number of amides is 4. The van der Waals surface area contributed by atoms with Gasteiger partial charge in [0.2, 0.25) is 5.78 Å². The van der Waals surface area contributed by atoms with Gasteiger partial charge in [0, 0.05) is 42.2 Å². The summed E-state index contributed by atoms with van der Waals surface area (Å²) in [6.07, 6.45) is 2.17. The number of ether oxygens (including phenoxy) is 5. The number of nitrogens with two attached hydrogens (primary N) is 1. The van der Waals surface area contributed by atoms with E-state index in [9.17, 15) is 82.3 Å². The van der Waals surface area contributed by atoms with Crippen molar-refractivity contribution in [1.29, 1.82) is 0 Å². The number of benzene rings is 7. The SMILES string of the molecule is C.C.C.C.C.C.CC(C)(C)OC(=O)N[C@@H](C(=O)O)C(C)(C)C.CC(C)(C)OC(=O)N[C@@H](C(=O)OCC(=O)c1cc(F)ccc1F)C(C)(C)C.CC(C)(C)OC(=O)N[C@@H](c1nc(-c2cc(F)ccc2F)cn1Cc1ccccc1)C(C)(C)C.CC(C)(C)OC(=O)N[C@@H](c1ncc(-c2cc(F)ccc2F)[nH]1)C(C)(C)C.CC(C)(C)[C@@H](N)c1nc(-c2cc(F)ccc2F)cn1Cc1ccccc1.O=C(CCl)c1cc(F)ccc1F. The molecule has 4 amide bonds. The van der Waals surface area contributed by atoms with Gasteiger partial charge >= 0.3 is 36.3 Å². The van der Waals surface area contributed by atoms with E-state index in [4.69, 9.17) is 46.1 Å². The summed E-state index contributed by atoms with van der Waals surface area (Å²) in [7, 11) is 0. The van der Waals surface area contributed by atoms with E-state index in [0.717, 1.165) is 102 Å². The quantitative estimate of drug-likeness (QED) is 0.0115. The van der Waals surface area contributed by atoms with Crippen molar-refractivity contribution in [3.63, 3.8) is 0 Å². The molecule has 8 N–H and O–H groups in total. The van der Waals surface area contributed by atoms with E-state index in [1.807, 2.05) is 132 Å². The van der Waals surface area contributed by atoms with Crippen molar-refractivity contribution >= 4 is 59.5 Å². The molecule has 0 aliphatic carbocycles. The molecule has 0 fully saturated rings. The Balaban J connectivity index is 0. The number of hydrogen-bond donors (Lipinski definition) is 7. The van der Waals surface area contributed by atoms with E-state index < -0.39 is 186 Å². The third-order valence-corrected chi connectivity index (χ3v) is 19.7. The van der Waals surface area contributed by atoms with Crippen molar-refractivity contribution in [2.45, 2.75) is 297 Å². The number of carbonyl (C=O) groups is 8. The molecule has 10 rings (SSSR count). The first-order valence-corrected chi connectivity index (χ1v) is 45.1. The van der Waals surface area contributed by atoms with Crippen LogP contribution in [-0.4, -0.2) is 129 Å². The standard InChI is InChI=1S/C26H31F2N3O2.C21H23F2N3.C19H25F2N3O2.C19H25F2NO5.C11H21NO4.C8H5ClF2O.6CH4/c1-25(2,3)22(30-24(32)33-26(4,5)6)23-29-21(19-14-18(27)12-13-20(19)28)16-31(23)15-17-10-8-7-9-11-17;1-21(2,3)19(24)20-25-18(16-11-15(22)9-10-17(16)23)13-26(20)12-14-7-5-4-6-8-14;1-18(2,3)15(24-17(25)26-19(4,5)6)16-22-10-14(23-16)12-9-11(20)7-8-13(12)21;1-18(2,3)15(22-17(25)27-19(4,5)6)16(24)26-10-14(23)12-9-11(20)7-8-13(12)21;1-10(2,3)7(8(13)14)12-9(15)16-11(4,5)6;9-4-8(12)6-3-5(10)1-2-7(6)11;;;;;;/h7-14,16,22H,15H2,1-6H3,(H,30,32);4-11,13,19H,12,24H2,1-3H3;7-10,15H,1-6H3,(H,22,23)(H,24,25);7-9,15H,10H2,1-6H3,(H,22,25);7H,1-6H3,(H,12,15)(H,13,14);1-3H,4H2;6*1H4/t22-;19-;2*15-;7-;;;;;;;/m00000......./s1. The van der Waals surface area contributed by atoms with Crippen LogP contribution in [0.2, 0.25) is 0 Å². The number of esters is 1. The first-order chi connectivity index (χ1) is 64.2. The molecule has 0 bridgehead atoms. The fraction of sp³-hybridized carbons (Fsp3) is 0.464. The van der Waals surface area contributed by atoms with Crippen LogP contribution >= 0.6 is 11.6 Å². The van der Waals surface area contributed by atoms with Gasteiger partial charge in [0.05, 0.1) is 58.4 Å². The highest BCUT2D eigenvalue weighted by atomic mass is 35.5. The Bertz CT molecular complexity index is 5880. The van der Waals surface area contributed by atoms with E-state index in [1.54, 1.807) is 137 Å². The van der Waals surface area contributed by atoms with Gasteiger partial charge in [-0.2, -0.15) is 0 Å². The Morgan fingerprint density at radius 1 is 0.390 bits per heavy atom. The fourth-order valence-corrected chi connectivity index (χ4v) is 12.8. The van der Waals surface area contributed by atoms with E-state index in [2.05, 4.69) is 41.2 Å². The number of alkyl halides is 1. The molecule has 146 heavy (non-hydrogen) atoms. The average Bonchev–Trinajstić information content (AvgIpc) is 1.65. The summed E-state index contributed by atoms with van der Waals surface area (Å²) < 4.78 is 165. The van der Waals surface area contributed by atoms with Crippen LogP contribution in [0, 0.1) is 85.2 Å². The van der Waals surface area contributed by atoms with Crippen LogP contribution in [-0.2, 0) is 46.4 Å². The smallest absolute Gasteiger partial charge is 0.408 e. The molecule has 810 valence electrons. The first kappa shape index (κ1) is 135. The molecule has 0 aliphatic heterocycles. The number of nitrogens with zero attached hydrogens (tertiary/aromatic N) is 5. The normalized spacial score (nSPS) is 12.4. The summed E-state index contributed by atoms with van der Waals surface area (Å²) in [5.41, 5.74) is 3.90. The van der Waals surface area contributed by atoms with E-state index in [1.165, 1.54) is 6.20 Å². The van der Waals surface area contributed by atoms with Crippen molar-refractivity contribution < 1.29 is 111 Å². The Morgan fingerprint density at radius 3 is 1.05 bits per heavy atom. The number of halogens is 11. The number of hydrogen-bond acceptors (Lipinski definition) is 17. The number of imidazole rings is 3. The Morgan fingerprint density at radius 2 is 0.705 bits per heavy atom. The Labute approximate surface area is 860 Å². The summed E-state index contributed by atoms with van der Waals surface area (Å²) in [4.78, 5) is 111. The highest BCUT2D eigenvalue weighted by Crippen LogP contribution is 2.39. The van der Waals surface area contributed by atoms with Crippen LogP contribution in [0.15, 0.2) is 170 Å². The van der Waals surface area contributed by atoms with Crippen LogP contribution < -0.4 is 27.0 Å². The number of rotatable bonds is 21. The van der Waals surface area contributed by atoms with Gasteiger partial charge in [-0.1, -0.05) is 209 Å². The number of alkyl carbamates (subject to hydrolysis) is 4. The zero-order valence-electron chi connectivity index (χ0n) is 84.1. The molecular formula is C110H154ClF10N11O14. The molecule has 10 aromatic rings. The molecule has 3 aromatic heterocycles. The third-order valence-electron chi connectivity index (χ3n) is 19.5. The largest absolute Gasteiger partial charge is 0.480 e. The number of aromatic amines is 1. The van der Waals surface area contributed by atoms with Crippen LogP contribution in [0.25, 0.3) is 33.8 Å². The number of carboxylic acids is 1. The zero-order chi connectivity index (χ0) is 106. The van der Waals surface area contributed by atoms with Gasteiger partial charge in [0.15, 0.2) is 12.4 Å². The minimum atomic E-state index is -1.11. The predicted octanol–water partition coefficient (Wildman–Crippen LogP) is 28.2. The van der Waals surface area contributed by atoms with Crippen molar-refractivity contribution in [3.05, 3.63) is 268 Å². The molecule has 3 heterocycles. The summed E-state index contributed by atoms with van der Waals surface area (Å²) in [5, 5.41) is 19.5. The number of nitrogens with one attached hydrogen (secondary N) is 5. The van der Waals surface area contributed by atoms with Crippen molar-refractivity contribution in [2.75, 3.05) is 12.5 Å². The Kier molecular flexibility index (Phi) is 52.5. The number of aliphatic carboxylic acids is 1. The molecule has 5 atom stereocenters. The molecule has 0 aliphatic rings. The Hall–Kier alpha value is -12.9. The second-order valence-electron chi connectivity index (χ2n) is 42.0. The third kappa shape index (κ3) is 45.0. The van der Waals surface area contributed by atoms with Crippen LogP contribution in [0.5, 0.6) is 0 Å². The molecule has 0 unspecified atom stereocenters. The van der Waals surface area contributed by atoms with Crippen LogP contribution in [0.4, 0.5) is 63.1 Å². The maximum absolute atomic E-state index is 14.5. The maximum atomic E-state index is 14.5. The van der Waals surface area contributed by atoms with Crippen molar-refractivity contribution in [3.8, 4) is 33.8 Å². The number of carbonyl (C=O) groups excluding carboxylic acids is 7. The molecule has 0 radical (unpaired) electrons. The van der Waals surface area contributed by atoms with E-state index in [-0.39, 0.29) is 89.8 Å². The molecule has 7 aromatic carbocycles. The lowest BCUT2D eigenvalue weighted by molar-refractivity contribution is -0.148. The molecule has 25 nitrogen and oxygen atoms in total. The monoisotopic (exact) mass is 2080 g/mol. The van der Waals surface area contributed by atoms with Gasteiger partial charge in [-0.3, -0.25) is 9.59 Å². The van der Waals surface area contributed by atoms with Gasteiger partial charge in [0.25, 0.3) is 0 Å². The van der Waals surface area contributed by atoms with E-state index >= 15 is 0 Å². The number of Topliss-reactive ketones (excluding diaryl/α,β-unsaturated/α-hetero) is 2. The van der Waals surface area contributed by atoms with Gasteiger partial charge < -0.3 is 69.9 Å². The number of carboxylic acid groups (broad SMARTS) is 1. The summed E-state index contributed by atoms with van der Waals surface area (Å²) in [6, 6.07) is 31.1.